The molecule has 4 N–H and O–H groups in total. The number of nitrogens with zero attached hydrogens (tertiary/aromatic N) is 1. The Morgan fingerprint density at radius 2 is 1.47 bits per heavy atom. The third kappa shape index (κ3) is 28.2. The molecule has 2 aliphatic heterocycles. The molecule has 0 saturated carbocycles. The van der Waals surface area contributed by atoms with Crippen molar-refractivity contribution in [3.63, 3.8) is 0 Å². The van der Waals surface area contributed by atoms with Crippen molar-refractivity contribution in [2.75, 3.05) is 67.3 Å². The topological polar surface area (TPSA) is 249 Å². The van der Waals surface area contributed by atoms with E-state index in [0.717, 1.165) is 77.0 Å². The standard InChI is InChI=1S/C43H79N2O17PS/c1-35(47)56-33-38(34-58-63(50,51)57-30-28-45(3,4)5)60-41(49)24-20-16-14-15-19-23-40-42-39(59-36(2)48)25-27-43(61-40,62-42)26-21-17-12-10-8-6-7-9-11-13-18-22-29-55-32-37(31-46)44-64(52,53)54/h20,24,37-40,42,44,46H,6-19,21-23,25-34H2,1-5H3,(H-,50,51,52,53,54)/p+1/b24-20+/t37?,38?,39-,40-,42+,43+/m1/s1. The molecule has 2 bridgehead atoms. The molecular weight excluding hydrogens is 880 g/mol. The van der Waals surface area contributed by atoms with E-state index in [1.165, 1.54) is 52.0 Å². The number of ether oxygens (including phenoxy) is 6. The van der Waals surface area contributed by atoms with Gasteiger partial charge in [0.1, 0.15) is 32.0 Å². The third-order valence-corrected chi connectivity index (χ3v) is 12.5. The van der Waals surface area contributed by atoms with E-state index < -0.39 is 61.2 Å². The first kappa shape index (κ1) is 58.1. The van der Waals surface area contributed by atoms with Gasteiger partial charge in [0.05, 0.1) is 53.1 Å². The number of aliphatic hydroxyl groups is 1. The molecule has 3 unspecified atom stereocenters. The predicted octanol–water partition coefficient (Wildman–Crippen LogP) is 5.85. The van der Waals surface area contributed by atoms with Crippen molar-refractivity contribution >= 4 is 36.0 Å². The second kappa shape index (κ2) is 31.1. The molecule has 0 aromatic heterocycles. The smallest absolute Gasteiger partial charge is 0.462 e. The van der Waals surface area contributed by atoms with E-state index in [9.17, 15) is 32.3 Å². The Bertz CT molecular complexity index is 1530. The van der Waals surface area contributed by atoms with Gasteiger partial charge in [-0.25, -0.2) is 9.36 Å². The summed E-state index contributed by atoms with van der Waals surface area (Å²) in [4.78, 5) is 45.8. The molecule has 7 atom stereocenters. The van der Waals surface area contributed by atoms with Crippen LogP contribution in [0.25, 0.3) is 0 Å². The zero-order chi connectivity index (χ0) is 47.5. The van der Waals surface area contributed by atoms with Crippen molar-refractivity contribution in [1.82, 2.24) is 4.72 Å². The van der Waals surface area contributed by atoms with Gasteiger partial charge in [0.2, 0.25) is 0 Å². The number of esters is 3. The van der Waals surface area contributed by atoms with E-state index in [0.29, 0.717) is 36.9 Å². The van der Waals surface area contributed by atoms with Crippen molar-refractivity contribution in [1.29, 1.82) is 0 Å². The van der Waals surface area contributed by atoms with Gasteiger partial charge in [-0.3, -0.25) is 23.2 Å². The molecule has 0 amide bonds. The van der Waals surface area contributed by atoms with E-state index in [1.807, 2.05) is 25.9 Å². The number of hydrogen-bond donors (Lipinski definition) is 4. The number of carbonyl (C=O) groups is 3. The maximum atomic E-state index is 12.5. The van der Waals surface area contributed by atoms with Crippen LogP contribution in [-0.4, -0.2) is 149 Å². The molecule has 2 saturated heterocycles. The number of unbranched alkanes of at least 4 members (excludes halogenated alkanes) is 14. The number of fused-ring (bicyclic) bond motifs is 2. The van der Waals surface area contributed by atoms with Crippen LogP contribution in [0.15, 0.2) is 12.2 Å². The first-order chi connectivity index (χ1) is 30.2. The summed E-state index contributed by atoms with van der Waals surface area (Å²) in [5.74, 6) is -2.29. The number of nitrogens with one attached hydrogen (secondary N) is 1. The summed E-state index contributed by atoms with van der Waals surface area (Å²) >= 11 is 0. The number of allylic oxidation sites excluding steroid dienone is 1. The third-order valence-electron chi connectivity index (χ3n) is 10.8. The van der Waals surface area contributed by atoms with Crippen LogP contribution in [0.1, 0.15) is 142 Å². The number of hydrogen-bond acceptors (Lipinski definition) is 15. The van der Waals surface area contributed by atoms with Crippen molar-refractivity contribution in [3.05, 3.63) is 12.2 Å². The van der Waals surface area contributed by atoms with Crippen LogP contribution in [0.3, 0.4) is 0 Å². The molecule has 64 heavy (non-hydrogen) atoms. The molecule has 0 aliphatic carbocycles. The summed E-state index contributed by atoms with van der Waals surface area (Å²) in [6.45, 7) is 2.22. The minimum atomic E-state index is -4.43. The molecular formula is C43H80N2O17PS+. The lowest BCUT2D eigenvalue weighted by Gasteiger charge is -2.35. The molecule has 0 spiro atoms. The quantitative estimate of drug-likeness (QED) is 0.0108. The zero-order valence-electron chi connectivity index (χ0n) is 39.0. The van der Waals surface area contributed by atoms with Crippen LogP contribution < -0.4 is 4.72 Å². The fourth-order valence-corrected chi connectivity index (χ4v) is 8.83. The van der Waals surface area contributed by atoms with Crippen LogP contribution in [0, 0.1) is 0 Å². The van der Waals surface area contributed by atoms with E-state index in [4.69, 9.17) is 47.1 Å². The fourth-order valence-electron chi connectivity index (χ4n) is 7.52. The second-order valence-electron chi connectivity index (χ2n) is 17.9. The van der Waals surface area contributed by atoms with E-state index >= 15 is 0 Å². The highest BCUT2D eigenvalue weighted by Crippen LogP contribution is 2.46. The number of aliphatic hydroxyl groups excluding tert-OH is 1. The summed E-state index contributed by atoms with van der Waals surface area (Å²) in [6, 6.07) is -0.857. The lowest BCUT2D eigenvalue weighted by Crippen LogP contribution is -2.43. The second-order valence-corrected chi connectivity index (χ2v) is 20.5. The Labute approximate surface area is 381 Å². The maximum Gasteiger partial charge on any atom is 0.472 e. The van der Waals surface area contributed by atoms with Crippen LogP contribution >= 0.6 is 7.82 Å². The van der Waals surface area contributed by atoms with Gasteiger partial charge in [-0.05, 0) is 38.5 Å². The SMILES string of the molecule is CC(=O)OCC(COP(=O)(O)OCC[N+](C)(C)C)OC(=O)/C=C/CCCCC[C@H]1O[C@]2(CCCCCCCCCCCCCCOCC(CO)NS(=O)(=O)O)CC[C@@H](OC(C)=O)[C@@H]1O2. The van der Waals surface area contributed by atoms with Crippen LogP contribution in [-0.2, 0) is 66.7 Å². The summed E-state index contributed by atoms with van der Waals surface area (Å²) < 4.78 is 89.7. The van der Waals surface area contributed by atoms with Gasteiger partial charge < -0.3 is 42.9 Å². The summed E-state index contributed by atoms with van der Waals surface area (Å²) in [6.07, 6.45) is 20.5. The Morgan fingerprint density at radius 3 is 2.06 bits per heavy atom. The van der Waals surface area contributed by atoms with E-state index in [1.54, 1.807) is 6.08 Å². The highest BCUT2D eigenvalue weighted by Gasteiger charge is 2.54. The lowest BCUT2D eigenvalue weighted by molar-refractivity contribution is -0.870. The van der Waals surface area contributed by atoms with Gasteiger partial charge in [0.25, 0.3) is 0 Å². The summed E-state index contributed by atoms with van der Waals surface area (Å²) in [7, 11) is -3.08. The number of carbonyl (C=O) groups excluding carboxylic acids is 3. The Balaban J connectivity index is 1.63. The molecule has 0 radical (unpaired) electrons. The number of rotatable bonds is 38. The van der Waals surface area contributed by atoms with Gasteiger partial charge >= 0.3 is 36.0 Å². The monoisotopic (exact) mass is 959 g/mol. The molecule has 2 aliphatic rings. The zero-order valence-corrected chi connectivity index (χ0v) is 40.7. The van der Waals surface area contributed by atoms with Gasteiger partial charge in [-0.15, -0.1) is 0 Å². The van der Waals surface area contributed by atoms with Gasteiger partial charge in [-0.1, -0.05) is 83.1 Å². The van der Waals surface area contributed by atoms with E-state index in [-0.39, 0.29) is 44.1 Å². The molecule has 2 fully saturated rings. The fraction of sp³-hybridized carbons (Fsp3) is 0.884. The predicted molar refractivity (Wildman–Crippen MR) is 237 cm³/mol. The Hall–Kier alpha value is -2.07. The molecule has 0 aromatic rings. The highest BCUT2D eigenvalue weighted by molar-refractivity contribution is 7.83. The van der Waals surface area contributed by atoms with Crippen LogP contribution in [0.2, 0.25) is 0 Å². The van der Waals surface area contributed by atoms with Crippen molar-refractivity contribution in [3.8, 4) is 0 Å². The summed E-state index contributed by atoms with van der Waals surface area (Å²) in [5.41, 5.74) is 0. The largest absolute Gasteiger partial charge is 0.472 e. The van der Waals surface area contributed by atoms with Crippen LogP contribution in [0.5, 0.6) is 0 Å². The molecule has 21 heteroatoms. The number of quaternary nitrogens is 1. The molecule has 2 heterocycles. The molecule has 2 rings (SSSR count). The van der Waals surface area contributed by atoms with Gasteiger partial charge in [-0.2, -0.15) is 13.1 Å². The minimum absolute atomic E-state index is 0.00699. The number of likely N-dealkylation sites (N-methyl/N-ethyl adjacent to an activating group) is 1. The average molecular weight is 960 g/mol. The van der Waals surface area contributed by atoms with Gasteiger partial charge in [0, 0.05) is 39.4 Å². The van der Waals surface area contributed by atoms with Crippen molar-refractivity contribution < 1.29 is 83.9 Å². The molecule has 374 valence electrons. The normalized spacial score (nSPS) is 22.0. The minimum Gasteiger partial charge on any atom is -0.462 e. The molecule has 19 nitrogen and oxygen atoms in total. The number of phosphoric ester groups is 1. The molecule has 0 aromatic carbocycles. The maximum absolute atomic E-state index is 12.5. The first-order valence-electron chi connectivity index (χ1n) is 23.1. The summed E-state index contributed by atoms with van der Waals surface area (Å²) in [5, 5.41) is 9.16. The van der Waals surface area contributed by atoms with Crippen LogP contribution in [0.4, 0.5) is 0 Å². The average Bonchev–Trinajstić information content (AvgIpc) is 3.49. The van der Waals surface area contributed by atoms with Crippen molar-refractivity contribution in [2.24, 2.45) is 0 Å². The highest BCUT2D eigenvalue weighted by atomic mass is 32.2. The number of phosphoric acid groups is 1. The lowest BCUT2D eigenvalue weighted by atomic mass is 9.94. The van der Waals surface area contributed by atoms with E-state index in [2.05, 4.69) is 0 Å². The van der Waals surface area contributed by atoms with Gasteiger partial charge in [0.15, 0.2) is 11.9 Å². The Kier molecular flexibility index (Phi) is 28.2. The Morgan fingerprint density at radius 1 is 0.844 bits per heavy atom. The van der Waals surface area contributed by atoms with Crippen molar-refractivity contribution in [2.45, 2.75) is 179 Å². The first-order valence-corrected chi connectivity index (χ1v) is 26.0.